The summed E-state index contributed by atoms with van der Waals surface area (Å²) in [5, 5.41) is 0.838. The van der Waals surface area contributed by atoms with Gasteiger partial charge in [0.15, 0.2) is 0 Å². The summed E-state index contributed by atoms with van der Waals surface area (Å²) >= 11 is 6.19. The topological polar surface area (TPSA) is 26.0 Å². The Morgan fingerprint density at radius 2 is 1.94 bits per heavy atom. The number of rotatable bonds is 3. The Balaban J connectivity index is 2.03. The van der Waals surface area contributed by atoms with Gasteiger partial charge in [0.1, 0.15) is 0 Å². The SMILES string of the molecule is CCC1CCC(C(N)c2ccc(C)c(Cl)c2)CC1. The lowest BCUT2D eigenvalue weighted by atomic mass is 9.76. The first-order chi connectivity index (χ1) is 8.61. The molecule has 1 aliphatic carbocycles. The molecule has 0 aromatic heterocycles. The molecule has 0 heterocycles. The van der Waals surface area contributed by atoms with Crippen LogP contribution in [0.1, 0.15) is 56.2 Å². The summed E-state index contributed by atoms with van der Waals surface area (Å²) in [6.45, 7) is 4.33. The maximum absolute atomic E-state index is 6.42. The molecule has 1 atom stereocenters. The number of hydrogen-bond donors (Lipinski definition) is 1. The molecule has 1 fully saturated rings. The number of halogens is 1. The third kappa shape index (κ3) is 3.07. The normalized spacial score (nSPS) is 26.0. The molecule has 0 amide bonds. The van der Waals surface area contributed by atoms with Crippen LogP contribution in [-0.2, 0) is 0 Å². The molecule has 1 unspecified atom stereocenters. The van der Waals surface area contributed by atoms with Gasteiger partial charge in [-0.25, -0.2) is 0 Å². The molecule has 0 bridgehead atoms. The van der Waals surface area contributed by atoms with E-state index in [2.05, 4.69) is 19.1 Å². The summed E-state index contributed by atoms with van der Waals surface area (Å²) in [5.74, 6) is 1.56. The van der Waals surface area contributed by atoms with Crippen molar-refractivity contribution in [3.8, 4) is 0 Å². The van der Waals surface area contributed by atoms with Crippen molar-refractivity contribution in [2.24, 2.45) is 17.6 Å². The number of hydrogen-bond acceptors (Lipinski definition) is 1. The van der Waals surface area contributed by atoms with E-state index in [-0.39, 0.29) is 6.04 Å². The molecule has 0 radical (unpaired) electrons. The van der Waals surface area contributed by atoms with Gasteiger partial charge in [-0.15, -0.1) is 0 Å². The van der Waals surface area contributed by atoms with Gasteiger partial charge in [0.25, 0.3) is 0 Å². The third-order valence-electron chi connectivity index (χ3n) is 4.56. The van der Waals surface area contributed by atoms with Crippen LogP contribution in [0.5, 0.6) is 0 Å². The number of nitrogens with two attached hydrogens (primary N) is 1. The van der Waals surface area contributed by atoms with Gasteiger partial charge in [0, 0.05) is 11.1 Å². The molecular weight excluding hydrogens is 242 g/mol. The molecular formula is C16H24ClN. The van der Waals surface area contributed by atoms with E-state index in [4.69, 9.17) is 17.3 Å². The molecule has 1 aromatic rings. The lowest BCUT2D eigenvalue weighted by Gasteiger charge is -2.32. The zero-order valence-electron chi connectivity index (χ0n) is 11.5. The molecule has 1 aromatic carbocycles. The average molecular weight is 266 g/mol. The molecule has 0 aliphatic heterocycles. The van der Waals surface area contributed by atoms with E-state index in [0.717, 1.165) is 16.5 Å². The highest BCUT2D eigenvalue weighted by atomic mass is 35.5. The van der Waals surface area contributed by atoms with Crippen molar-refractivity contribution in [3.05, 3.63) is 34.3 Å². The molecule has 18 heavy (non-hydrogen) atoms. The smallest absolute Gasteiger partial charge is 0.0438 e. The minimum Gasteiger partial charge on any atom is -0.324 e. The van der Waals surface area contributed by atoms with E-state index in [9.17, 15) is 0 Å². The summed E-state index contributed by atoms with van der Waals surface area (Å²) < 4.78 is 0. The molecule has 1 saturated carbocycles. The third-order valence-corrected chi connectivity index (χ3v) is 4.96. The van der Waals surface area contributed by atoms with E-state index in [0.29, 0.717) is 5.92 Å². The first kappa shape index (κ1) is 13.9. The quantitative estimate of drug-likeness (QED) is 0.829. The van der Waals surface area contributed by atoms with Crippen molar-refractivity contribution in [1.82, 2.24) is 0 Å². The zero-order valence-corrected chi connectivity index (χ0v) is 12.2. The van der Waals surface area contributed by atoms with Crippen molar-refractivity contribution in [2.45, 2.75) is 52.0 Å². The van der Waals surface area contributed by atoms with Crippen LogP contribution in [0.25, 0.3) is 0 Å². The molecule has 2 rings (SSSR count). The summed E-state index contributed by atoms with van der Waals surface area (Å²) in [6.07, 6.45) is 6.54. The average Bonchev–Trinajstić information content (AvgIpc) is 2.41. The van der Waals surface area contributed by atoms with Gasteiger partial charge in [-0.1, -0.05) is 49.9 Å². The van der Waals surface area contributed by atoms with Crippen LogP contribution in [0.15, 0.2) is 18.2 Å². The lowest BCUT2D eigenvalue weighted by Crippen LogP contribution is -2.26. The minimum atomic E-state index is 0.154. The Bertz CT molecular complexity index is 394. The van der Waals surface area contributed by atoms with Crippen LogP contribution in [-0.4, -0.2) is 0 Å². The van der Waals surface area contributed by atoms with E-state index in [1.54, 1.807) is 0 Å². The van der Waals surface area contributed by atoms with Gasteiger partial charge in [0.2, 0.25) is 0 Å². The van der Waals surface area contributed by atoms with Crippen LogP contribution >= 0.6 is 11.6 Å². The Morgan fingerprint density at radius 3 is 2.50 bits per heavy atom. The molecule has 1 aliphatic rings. The fourth-order valence-electron chi connectivity index (χ4n) is 3.04. The molecule has 0 saturated heterocycles. The summed E-state index contributed by atoms with van der Waals surface area (Å²) in [7, 11) is 0. The Labute approximate surface area is 116 Å². The van der Waals surface area contributed by atoms with E-state index in [1.165, 1.54) is 37.7 Å². The van der Waals surface area contributed by atoms with Crippen molar-refractivity contribution in [2.75, 3.05) is 0 Å². The van der Waals surface area contributed by atoms with Gasteiger partial charge >= 0.3 is 0 Å². The van der Waals surface area contributed by atoms with E-state index >= 15 is 0 Å². The number of benzene rings is 1. The Morgan fingerprint density at radius 1 is 1.28 bits per heavy atom. The van der Waals surface area contributed by atoms with Crippen molar-refractivity contribution in [3.63, 3.8) is 0 Å². The standard InChI is InChI=1S/C16H24ClN/c1-3-12-5-8-13(9-6-12)16(18)14-7-4-11(2)15(17)10-14/h4,7,10,12-13,16H,3,5-6,8-9,18H2,1-2H3. The van der Waals surface area contributed by atoms with Crippen LogP contribution in [0.2, 0.25) is 5.02 Å². The predicted octanol–water partition coefficient (Wildman–Crippen LogP) is 4.86. The molecule has 0 spiro atoms. The molecule has 1 nitrogen and oxygen atoms in total. The fraction of sp³-hybridized carbons (Fsp3) is 0.625. The van der Waals surface area contributed by atoms with Crippen LogP contribution in [0.3, 0.4) is 0 Å². The van der Waals surface area contributed by atoms with Gasteiger partial charge in [0.05, 0.1) is 0 Å². The highest BCUT2D eigenvalue weighted by Crippen LogP contribution is 2.37. The van der Waals surface area contributed by atoms with Crippen molar-refractivity contribution < 1.29 is 0 Å². The van der Waals surface area contributed by atoms with Crippen LogP contribution in [0, 0.1) is 18.8 Å². The maximum atomic E-state index is 6.42. The Hall–Kier alpha value is -0.530. The minimum absolute atomic E-state index is 0.154. The molecule has 2 N–H and O–H groups in total. The van der Waals surface area contributed by atoms with Crippen molar-refractivity contribution in [1.29, 1.82) is 0 Å². The van der Waals surface area contributed by atoms with Gasteiger partial charge in [-0.2, -0.15) is 0 Å². The molecule has 100 valence electrons. The number of aryl methyl sites for hydroxylation is 1. The second-order valence-electron chi connectivity index (χ2n) is 5.72. The summed E-state index contributed by atoms with van der Waals surface area (Å²) in [5.41, 5.74) is 8.74. The second kappa shape index (κ2) is 6.08. The predicted molar refractivity (Wildman–Crippen MR) is 78.9 cm³/mol. The fourth-order valence-corrected chi connectivity index (χ4v) is 3.23. The van der Waals surface area contributed by atoms with E-state index < -0.39 is 0 Å². The van der Waals surface area contributed by atoms with Crippen molar-refractivity contribution >= 4 is 11.6 Å². The van der Waals surface area contributed by atoms with E-state index in [1.807, 2.05) is 13.0 Å². The van der Waals surface area contributed by atoms with Crippen LogP contribution in [0.4, 0.5) is 0 Å². The van der Waals surface area contributed by atoms with Crippen LogP contribution < -0.4 is 5.73 Å². The largest absolute Gasteiger partial charge is 0.324 e. The zero-order chi connectivity index (χ0) is 13.1. The monoisotopic (exact) mass is 265 g/mol. The first-order valence-electron chi connectivity index (χ1n) is 7.13. The second-order valence-corrected chi connectivity index (χ2v) is 6.13. The maximum Gasteiger partial charge on any atom is 0.0438 e. The first-order valence-corrected chi connectivity index (χ1v) is 7.51. The molecule has 2 heteroatoms. The summed E-state index contributed by atoms with van der Waals surface area (Å²) in [4.78, 5) is 0. The summed E-state index contributed by atoms with van der Waals surface area (Å²) in [6, 6.07) is 6.42. The van der Waals surface area contributed by atoms with Gasteiger partial charge < -0.3 is 5.73 Å². The van der Waals surface area contributed by atoms with Gasteiger partial charge in [-0.05, 0) is 48.8 Å². The highest BCUT2D eigenvalue weighted by Gasteiger charge is 2.25. The highest BCUT2D eigenvalue weighted by molar-refractivity contribution is 6.31. The Kier molecular flexibility index (Phi) is 4.69. The van der Waals surface area contributed by atoms with Gasteiger partial charge in [-0.3, -0.25) is 0 Å². The lowest BCUT2D eigenvalue weighted by molar-refractivity contribution is 0.240.